The average Bonchev–Trinajstić information content (AvgIpc) is 2.27. The van der Waals surface area contributed by atoms with Crippen LogP contribution < -0.4 is 5.73 Å². The van der Waals surface area contributed by atoms with Crippen LogP contribution in [0.3, 0.4) is 0 Å². The molecule has 0 heterocycles. The summed E-state index contributed by atoms with van der Waals surface area (Å²) in [6, 6.07) is 4.84. The second-order valence-corrected chi connectivity index (χ2v) is 3.99. The third-order valence-electron chi connectivity index (χ3n) is 2.67. The van der Waals surface area contributed by atoms with Gasteiger partial charge in [-0.3, -0.25) is 0 Å². The predicted octanol–water partition coefficient (Wildman–Crippen LogP) is 2.56. The summed E-state index contributed by atoms with van der Waals surface area (Å²) >= 11 is 0. The van der Waals surface area contributed by atoms with E-state index in [-0.39, 0.29) is 0 Å². The molecule has 2 atom stereocenters. The Hall–Kier alpha value is -1.07. The van der Waals surface area contributed by atoms with Crippen molar-refractivity contribution >= 4 is 0 Å². The van der Waals surface area contributed by atoms with Crippen LogP contribution in [0.4, 0.5) is 13.2 Å². The van der Waals surface area contributed by atoms with Crippen LogP contribution in [0.5, 0.6) is 0 Å². The van der Waals surface area contributed by atoms with Crippen molar-refractivity contribution in [2.75, 3.05) is 0 Å². The molecule has 0 amide bonds. The molecule has 17 heavy (non-hydrogen) atoms. The summed E-state index contributed by atoms with van der Waals surface area (Å²) < 4.78 is 36.6. The van der Waals surface area contributed by atoms with Gasteiger partial charge in [-0.25, -0.2) is 0 Å². The smallest absolute Gasteiger partial charge is 0.388 e. The molecule has 2 nitrogen and oxygen atoms in total. The maximum Gasteiger partial charge on any atom is 0.403 e. The highest BCUT2D eigenvalue weighted by Crippen LogP contribution is 2.26. The Morgan fingerprint density at radius 3 is 2.18 bits per heavy atom. The number of alkyl halides is 3. The zero-order chi connectivity index (χ0) is 13.1. The predicted molar refractivity (Wildman–Crippen MR) is 59.4 cm³/mol. The minimum atomic E-state index is -4.47. The SMILES string of the molecule is CCc1ccc(C(O)CC(N)C(F)(F)F)cc1. The van der Waals surface area contributed by atoms with Gasteiger partial charge in [0.2, 0.25) is 0 Å². The zero-order valence-corrected chi connectivity index (χ0v) is 9.54. The molecule has 0 spiro atoms. The molecular formula is C12H16F3NO. The van der Waals surface area contributed by atoms with Gasteiger partial charge in [-0.05, 0) is 17.5 Å². The third-order valence-corrected chi connectivity index (χ3v) is 2.67. The summed E-state index contributed by atoms with van der Waals surface area (Å²) in [7, 11) is 0. The maximum absolute atomic E-state index is 12.2. The second kappa shape index (κ2) is 5.51. The van der Waals surface area contributed by atoms with E-state index in [0.29, 0.717) is 5.56 Å². The standard InChI is InChI=1S/C12H16F3NO/c1-2-8-3-5-9(6-4-8)10(17)7-11(16)12(13,14)15/h3-6,10-11,17H,2,7,16H2,1H3. The molecule has 1 rings (SSSR count). The van der Waals surface area contributed by atoms with Crippen LogP contribution in [-0.2, 0) is 6.42 Å². The van der Waals surface area contributed by atoms with Gasteiger partial charge in [-0.15, -0.1) is 0 Å². The molecule has 0 saturated carbocycles. The Morgan fingerprint density at radius 1 is 1.24 bits per heavy atom. The Labute approximate surface area is 98.3 Å². The molecule has 2 unspecified atom stereocenters. The molecule has 96 valence electrons. The summed E-state index contributed by atoms with van der Waals surface area (Å²) in [5.41, 5.74) is 6.49. The van der Waals surface area contributed by atoms with Crippen molar-refractivity contribution in [1.82, 2.24) is 0 Å². The molecule has 0 aliphatic carbocycles. The van der Waals surface area contributed by atoms with E-state index in [2.05, 4.69) is 0 Å². The molecule has 0 aromatic heterocycles. The van der Waals surface area contributed by atoms with E-state index >= 15 is 0 Å². The highest BCUT2D eigenvalue weighted by molar-refractivity contribution is 5.24. The number of hydrogen-bond donors (Lipinski definition) is 2. The van der Waals surface area contributed by atoms with E-state index < -0.39 is 24.7 Å². The number of rotatable bonds is 4. The number of nitrogens with two attached hydrogens (primary N) is 1. The third kappa shape index (κ3) is 4.02. The van der Waals surface area contributed by atoms with Crippen molar-refractivity contribution in [1.29, 1.82) is 0 Å². The van der Waals surface area contributed by atoms with Gasteiger partial charge in [-0.2, -0.15) is 13.2 Å². The topological polar surface area (TPSA) is 46.2 Å². The molecule has 0 aliphatic rings. The van der Waals surface area contributed by atoms with Gasteiger partial charge >= 0.3 is 6.18 Å². The molecule has 1 aromatic rings. The Bertz CT molecular complexity index is 348. The Balaban J connectivity index is 2.66. The minimum Gasteiger partial charge on any atom is -0.388 e. The lowest BCUT2D eigenvalue weighted by Gasteiger charge is -2.19. The second-order valence-electron chi connectivity index (χ2n) is 3.99. The van der Waals surface area contributed by atoms with E-state index in [1.165, 1.54) is 0 Å². The Morgan fingerprint density at radius 2 is 1.76 bits per heavy atom. The van der Waals surface area contributed by atoms with Crippen molar-refractivity contribution < 1.29 is 18.3 Å². The summed E-state index contributed by atoms with van der Waals surface area (Å²) in [4.78, 5) is 0. The number of benzene rings is 1. The van der Waals surface area contributed by atoms with Gasteiger partial charge in [0.1, 0.15) is 6.04 Å². The van der Waals surface area contributed by atoms with Crippen molar-refractivity contribution in [3.63, 3.8) is 0 Å². The summed E-state index contributed by atoms with van der Waals surface area (Å²) in [6.45, 7) is 1.98. The van der Waals surface area contributed by atoms with Crippen LogP contribution in [-0.4, -0.2) is 17.3 Å². The van der Waals surface area contributed by atoms with Gasteiger partial charge in [-0.1, -0.05) is 31.2 Å². The van der Waals surface area contributed by atoms with Gasteiger partial charge in [0.15, 0.2) is 0 Å². The molecule has 0 aliphatic heterocycles. The van der Waals surface area contributed by atoms with Crippen LogP contribution in [0.25, 0.3) is 0 Å². The van der Waals surface area contributed by atoms with E-state index in [1.807, 2.05) is 6.92 Å². The number of halogens is 3. The lowest BCUT2D eigenvalue weighted by atomic mass is 10.0. The van der Waals surface area contributed by atoms with Crippen molar-refractivity contribution in [2.24, 2.45) is 5.73 Å². The minimum absolute atomic E-state index is 0.460. The number of aryl methyl sites for hydroxylation is 1. The summed E-state index contributed by atoms with van der Waals surface area (Å²) in [6.07, 6.45) is -5.32. The Kier molecular flexibility index (Phi) is 4.54. The van der Waals surface area contributed by atoms with Gasteiger partial charge in [0.05, 0.1) is 6.10 Å². The zero-order valence-electron chi connectivity index (χ0n) is 9.54. The van der Waals surface area contributed by atoms with E-state index in [1.54, 1.807) is 24.3 Å². The largest absolute Gasteiger partial charge is 0.403 e. The molecular weight excluding hydrogens is 231 g/mol. The van der Waals surface area contributed by atoms with E-state index in [4.69, 9.17) is 5.73 Å². The molecule has 0 fully saturated rings. The van der Waals surface area contributed by atoms with Crippen LogP contribution in [0, 0.1) is 0 Å². The molecule has 0 bridgehead atoms. The van der Waals surface area contributed by atoms with Crippen LogP contribution in [0.1, 0.15) is 30.6 Å². The molecule has 0 saturated heterocycles. The fourth-order valence-corrected chi connectivity index (χ4v) is 1.49. The highest BCUT2D eigenvalue weighted by atomic mass is 19.4. The maximum atomic E-state index is 12.2. The molecule has 1 aromatic carbocycles. The normalized spacial score (nSPS) is 15.6. The first-order chi connectivity index (χ1) is 7.84. The van der Waals surface area contributed by atoms with Crippen LogP contribution >= 0.6 is 0 Å². The fraction of sp³-hybridized carbons (Fsp3) is 0.500. The van der Waals surface area contributed by atoms with Gasteiger partial charge in [0.25, 0.3) is 0 Å². The lowest BCUT2D eigenvalue weighted by Crippen LogP contribution is -2.38. The first kappa shape index (κ1) is 14.0. The monoisotopic (exact) mass is 247 g/mol. The summed E-state index contributed by atoms with van der Waals surface area (Å²) in [5, 5.41) is 9.64. The number of aliphatic hydroxyl groups is 1. The molecule has 0 radical (unpaired) electrons. The van der Waals surface area contributed by atoms with Gasteiger partial charge < -0.3 is 10.8 Å². The number of hydrogen-bond acceptors (Lipinski definition) is 2. The quantitative estimate of drug-likeness (QED) is 0.859. The lowest BCUT2D eigenvalue weighted by molar-refractivity contribution is -0.153. The van der Waals surface area contributed by atoms with Crippen molar-refractivity contribution in [3.8, 4) is 0 Å². The van der Waals surface area contributed by atoms with Crippen LogP contribution in [0.2, 0.25) is 0 Å². The van der Waals surface area contributed by atoms with Gasteiger partial charge in [0, 0.05) is 6.42 Å². The van der Waals surface area contributed by atoms with Crippen LogP contribution in [0.15, 0.2) is 24.3 Å². The average molecular weight is 247 g/mol. The first-order valence-electron chi connectivity index (χ1n) is 5.43. The van der Waals surface area contributed by atoms with E-state index in [0.717, 1.165) is 12.0 Å². The highest BCUT2D eigenvalue weighted by Gasteiger charge is 2.37. The summed E-state index contributed by atoms with van der Waals surface area (Å²) in [5.74, 6) is 0. The first-order valence-corrected chi connectivity index (χ1v) is 5.43. The van der Waals surface area contributed by atoms with E-state index in [9.17, 15) is 18.3 Å². The fourth-order valence-electron chi connectivity index (χ4n) is 1.49. The number of aliphatic hydroxyl groups excluding tert-OH is 1. The molecule has 5 heteroatoms. The van der Waals surface area contributed by atoms with Crippen molar-refractivity contribution in [2.45, 2.75) is 38.1 Å². The molecule has 3 N–H and O–H groups in total. The van der Waals surface area contributed by atoms with Crippen molar-refractivity contribution in [3.05, 3.63) is 35.4 Å².